The minimum Gasteiger partial charge on any atom is -0.466 e. The second-order valence-corrected chi connectivity index (χ2v) is 6.60. The van der Waals surface area contributed by atoms with Gasteiger partial charge in [0.15, 0.2) is 0 Å². The molecule has 1 aliphatic rings. The number of carbonyl (C=O) groups is 2. The average molecular weight is 322 g/mol. The summed E-state index contributed by atoms with van der Waals surface area (Å²) in [4.78, 5) is 22.4. The molecular weight excluding hydrogens is 296 g/mol. The van der Waals surface area contributed by atoms with Crippen LogP contribution in [0, 0.1) is 5.41 Å². The van der Waals surface area contributed by atoms with E-state index in [1.807, 2.05) is 13.8 Å². The van der Waals surface area contributed by atoms with Crippen LogP contribution in [-0.2, 0) is 19.1 Å². The smallest absolute Gasteiger partial charge is 0.330 e. The molecule has 0 fully saturated rings. The molecule has 0 saturated carbocycles. The Morgan fingerprint density at radius 1 is 1.35 bits per heavy atom. The van der Waals surface area contributed by atoms with E-state index in [0.717, 1.165) is 0 Å². The van der Waals surface area contributed by atoms with Gasteiger partial charge in [-0.25, -0.2) is 4.79 Å². The normalized spacial score (nSPS) is 27.5. The number of aliphatic hydroxyl groups is 1. The lowest BCUT2D eigenvalue weighted by atomic mass is 9.64. The molecule has 0 aromatic heterocycles. The molecule has 0 amide bonds. The number of esters is 2. The number of rotatable bonds is 4. The second kappa shape index (κ2) is 7.13. The molecule has 5 nitrogen and oxygen atoms in total. The van der Waals surface area contributed by atoms with Crippen molar-refractivity contribution in [1.82, 2.24) is 0 Å². The Bertz CT molecular complexity index is 568. The van der Waals surface area contributed by atoms with Crippen LogP contribution >= 0.6 is 0 Å². The standard InChI is InChI=1S/C18H26O5/c1-12(9-16(20)22-6)7-8-18(21)13(2)10-15(23-14(3)19)11-17(18,4)5/h7-10,15,21H,11H2,1-6H3/b8-7+,12-9+/t15-,18+/m0/s1. The number of hydrogen-bond donors (Lipinski definition) is 1. The van der Waals surface area contributed by atoms with Gasteiger partial charge in [0, 0.05) is 18.4 Å². The fourth-order valence-corrected chi connectivity index (χ4v) is 2.85. The maximum Gasteiger partial charge on any atom is 0.330 e. The molecular formula is C18H26O5. The Balaban J connectivity index is 3.10. The second-order valence-electron chi connectivity index (χ2n) is 6.60. The van der Waals surface area contributed by atoms with E-state index >= 15 is 0 Å². The van der Waals surface area contributed by atoms with Crippen molar-refractivity contribution >= 4 is 11.9 Å². The first-order valence-electron chi connectivity index (χ1n) is 7.56. The molecule has 1 rings (SSSR count). The average Bonchev–Trinajstić information content (AvgIpc) is 2.41. The Morgan fingerprint density at radius 2 is 1.96 bits per heavy atom. The summed E-state index contributed by atoms with van der Waals surface area (Å²) in [6.07, 6.45) is 6.67. The van der Waals surface area contributed by atoms with Crippen molar-refractivity contribution in [3.63, 3.8) is 0 Å². The highest BCUT2D eigenvalue weighted by molar-refractivity contribution is 5.83. The van der Waals surface area contributed by atoms with Crippen LogP contribution in [0.5, 0.6) is 0 Å². The van der Waals surface area contributed by atoms with Crippen LogP contribution in [0.15, 0.2) is 35.5 Å². The lowest BCUT2D eigenvalue weighted by Crippen LogP contribution is -2.49. The highest BCUT2D eigenvalue weighted by Crippen LogP contribution is 2.46. The van der Waals surface area contributed by atoms with E-state index in [1.165, 1.54) is 20.1 Å². The zero-order valence-electron chi connectivity index (χ0n) is 14.7. The highest BCUT2D eigenvalue weighted by atomic mass is 16.5. The fraction of sp³-hybridized carbons (Fsp3) is 0.556. The number of methoxy groups -OCH3 is 1. The minimum absolute atomic E-state index is 0.340. The van der Waals surface area contributed by atoms with Crippen molar-refractivity contribution in [3.05, 3.63) is 35.5 Å². The van der Waals surface area contributed by atoms with Crippen molar-refractivity contribution in [1.29, 1.82) is 0 Å². The van der Waals surface area contributed by atoms with Crippen LogP contribution < -0.4 is 0 Å². The lowest BCUT2D eigenvalue weighted by molar-refractivity contribution is -0.147. The summed E-state index contributed by atoms with van der Waals surface area (Å²) in [6.45, 7) is 8.78. The first kappa shape index (κ1) is 19.2. The minimum atomic E-state index is -1.19. The van der Waals surface area contributed by atoms with Crippen molar-refractivity contribution in [2.75, 3.05) is 7.11 Å². The van der Waals surface area contributed by atoms with Crippen molar-refractivity contribution < 1.29 is 24.2 Å². The lowest BCUT2D eigenvalue weighted by Gasteiger charge is -2.46. The van der Waals surface area contributed by atoms with E-state index in [0.29, 0.717) is 17.6 Å². The number of ether oxygens (including phenoxy) is 2. The molecule has 0 radical (unpaired) electrons. The Hall–Kier alpha value is -1.88. The van der Waals surface area contributed by atoms with Crippen LogP contribution in [0.1, 0.15) is 41.0 Å². The van der Waals surface area contributed by atoms with Crippen LogP contribution in [0.3, 0.4) is 0 Å². The number of hydrogen-bond acceptors (Lipinski definition) is 5. The third kappa shape index (κ3) is 4.55. The van der Waals surface area contributed by atoms with Gasteiger partial charge < -0.3 is 14.6 Å². The molecule has 0 aromatic rings. The molecule has 0 bridgehead atoms. The van der Waals surface area contributed by atoms with Gasteiger partial charge in [0.25, 0.3) is 0 Å². The molecule has 1 aliphatic carbocycles. The molecule has 0 aromatic carbocycles. The quantitative estimate of drug-likeness (QED) is 0.373. The molecule has 128 valence electrons. The summed E-state index contributed by atoms with van der Waals surface area (Å²) in [7, 11) is 1.32. The SMILES string of the molecule is COC(=O)/C=C(C)/C=C/[C@@]1(O)C(C)=C[C@H](OC(C)=O)CC1(C)C. The molecule has 2 atom stereocenters. The van der Waals surface area contributed by atoms with Gasteiger partial charge in [-0.1, -0.05) is 19.9 Å². The van der Waals surface area contributed by atoms with Crippen molar-refractivity contribution in [2.45, 2.75) is 52.7 Å². The molecule has 0 spiro atoms. The van der Waals surface area contributed by atoms with Crippen LogP contribution in [0.4, 0.5) is 0 Å². The van der Waals surface area contributed by atoms with Crippen LogP contribution in [0.25, 0.3) is 0 Å². The predicted octanol–water partition coefficient (Wildman–Crippen LogP) is 2.70. The molecule has 0 aliphatic heterocycles. The van der Waals surface area contributed by atoms with Crippen LogP contribution in [0.2, 0.25) is 0 Å². The van der Waals surface area contributed by atoms with Crippen molar-refractivity contribution in [2.24, 2.45) is 5.41 Å². The molecule has 1 N–H and O–H groups in total. The number of carbonyl (C=O) groups excluding carboxylic acids is 2. The molecule has 0 unspecified atom stereocenters. The molecule has 0 heterocycles. The van der Waals surface area contributed by atoms with Gasteiger partial charge in [-0.3, -0.25) is 4.79 Å². The molecule has 0 saturated heterocycles. The third-order valence-electron chi connectivity index (χ3n) is 4.23. The molecule has 23 heavy (non-hydrogen) atoms. The maximum absolute atomic E-state index is 11.2. The van der Waals surface area contributed by atoms with E-state index < -0.39 is 17.0 Å². The predicted molar refractivity (Wildman–Crippen MR) is 87.6 cm³/mol. The van der Waals surface area contributed by atoms with Gasteiger partial charge in [-0.2, -0.15) is 0 Å². The van der Waals surface area contributed by atoms with E-state index in [2.05, 4.69) is 4.74 Å². The zero-order chi connectivity index (χ0) is 17.8. The summed E-state index contributed by atoms with van der Waals surface area (Å²) in [6, 6.07) is 0. The summed E-state index contributed by atoms with van der Waals surface area (Å²) < 4.78 is 9.84. The van der Waals surface area contributed by atoms with Crippen LogP contribution in [-0.4, -0.2) is 35.9 Å². The van der Waals surface area contributed by atoms with Gasteiger partial charge in [-0.05, 0) is 43.6 Å². The van der Waals surface area contributed by atoms with E-state index in [-0.39, 0.29) is 12.1 Å². The summed E-state index contributed by atoms with van der Waals surface area (Å²) in [5, 5.41) is 11.1. The summed E-state index contributed by atoms with van der Waals surface area (Å²) in [5.41, 5.74) is -0.332. The highest BCUT2D eigenvalue weighted by Gasteiger charge is 2.47. The van der Waals surface area contributed by atoms with E-state index in [9.17, 15) is 14.7 Å². The van der Waals surface area contributed by atoms with Gasteiger partial charge >= 0.3 is 11.9 Å². The van der Waals surface area contributed by atoms with Crippen molar-refractivity contribution in [3.8, 4) is 0 Å². The van der Waals surface area contributed by atoms with E-state index in [4.69, 9.17) is 4.74 Å². The van der Waals surface area contributed by atoms with Gasteiger partial charge in [-0.15, -0.1) is 0 Å². The van der Waals surface area contributed by atoms with Gasteiger partial charge in [0.2, 0.25) is 0 Å². The zero-order valence-corrected chi connectivity index (χ0v) is 14.7. The summed E-state index contributed by atoms with van der Waals surface area (Å²) >= 11 is 0. The van der Waals surface area contributed by atoms with Gasteiger partial charge in [0.1, 0.15) is 11.7 Å². The number of allylic oxidation sites excluding steroid dienone is 2. The Kier molecular flexibility index (Phi) is 5.94. The Morgan fingerprint density at radius 3 is 2.43 bits per heavy atom. The van der Waals surface area contributed by atoms with E-state index in [1.54, 1.807) is 32.1 Å². The fourth-order valence-electron chi connectivity index (χ4n) is 2.85. The summed E-state index contributed by atoms with van der Waals surface area (Å²) in [5.74, 6) is -0.781. The topological polar surface area (TPSA) is 72.8 Å². The largest absolute Gasteiger partial charge is 0.466 e. The monoisotopic (exact) mass is 322 g/mol. The maximum atomic E-state index is 11.2. The Labute approximate surface area is 137 Å². The molecule has 5 heteroatoms. The first-order valence-corrected chi connectivity index (χ1v) is 7.56. The first-order chi connectivity index (χ1) is 10.5. The van der Waals surface area contributed by atoms with Gasteiger partial charge in [0.05, 0.1) is 7.11 Å². The third-order valence-corrected chi connectivity index (χ3v) is 4.23.